The molecule has 0 aliphatic carbocycles. The lowest BCUT2D eigenvalue weighted by Crippen LogP contribution is -2.35. The van der Waals surface area contributed by atoms with Crippen molar-refractivity contribution in [2.24, 2.45) is 0 Å². The molecule has 0 saturated heterocycles. The van der Waals surface area contributed by atoms with Gasteiger partial charge in [-0.1, -0.05) is 23.8 Å². The molecule has 0 aliphatic heterocycles. The highest BCUT2D eigenvalue weighted by Crippen LogP contribution is 2.19. The summed E-state index contributed by atoms with van der Waals surface area (Å²) < 4.78 is 18.2. The van der Waals surface area contributed by atoms with Gasteiger partial charge in [-0.25, -0.2) is 9.18 Å². The summed E-state index contributed by atoms with van der Waals surface area (Å²) >= 11 is 0. The smallest absolute Gasteiger partial charge is 0.340 e. The van der Waals surface area contributed by atoms with Crippen molar-refractivity contribution < 1.29 is 18.7 Å². The first-order valence-electron chi connectivity index (χ1n) is 8.94. The summed E-state index contributed by atoms with van der Waals surface area (Å²) in [6.07, 6.45) is -0.972. The lowest BCUT2D eigenvalue weighted by Gasteiger charge is -2.15. The van der Waals surface area contributed by atoms with E-state index in [1.807, 2.05) is 25.1 Å². The minimum Gasteiger partial charge on any atom is -0.449 e. The van der Waals surface area contributed by atoms with Gasteiger partial charge in [0.15, 0.2) is 6.10 Å². The zero-order chi connectivity index (χ0) is 20.3. The Morgan fingerprint density at radius 1 is 1.11 bits per heavy atom. The molecule has 1 atom stereocenters. The molecule has 6 heteroatoms. The third-order valence-corrected chi connectivity index (χ3v) is 4.41. The van der Waals surface area contributed by atoms with Gasteiger partial charge in [0, 0.05) is 11.9 Å². The zero-order valence-electron chi connectivity index (χ0n) is 16.0. The van der Waals surface area contributed by atoms with Crippen molar-refractivity contribution in [3.63, 3.8) is 0 Å². The minimum absolute atomic E-state index is 0.219. The Labute approximate surface area is 162 Å². The lowest BCUT2D eigenvalue weighted by atomic mass is 10.1. The normalized spacial score (nSPS) is 11.9. The maximum atomic E-state index is 12.9. The number of ether oxygens (including phenoxy) is 1. The van der Waals surface area contributed by atoms with Crippen molar-refractivity contribution in [3.05, 3.63) is 76.7 Å². The van der Waals surface area contributed by atoms with Crippen LogP contribution in [-0.4, -0.2) is 23.0 Å². The van der Waals surface area contributed by atoms with Gasteiger partial charge in [-0.3, -0.25) is 9.78 Å². The van der Waals surface area contributed by atoms with E-state index in [-0.39, 0.29) is 12.4 Å². The van der Waals surface area contributed by atoms with Crippen molar-refractivity contribution in [1.29, 1.82) is 0 Å². The number of nitrogens with zero attached hydrogens (tertiary/aromatic N) is 1. The number of nitrogens with one attached hydrogen (secondary N) is 1. The number of halogens is 1. The molecule has 1 heterocycles. The second kappa shape index (κ2) is 8.17. The molecule has 0 bridgehead atoms. The molecule has 1 unspecified atom stereocenters. The summed E-state index contributed by atoms with van der Waals surface area (Å²) in [6, 6.07) is 13.3. The number of aryl methyl sites for hydroxylation is 2. The lowest BCUT2D eigenvalue weighted by molar-refractivity contribution is -0.129. The Morgan fingerprint density at radius 3 is 2.54 bits per heavy atom. The van der Waals surface area contributed by atoms with Gasteiger partial charge in [-0.2, -0.15) is 0 Å². The number of rotatable bonds is 5. The van der Waals surface area contributed by atoms with Gasteiger partial charge < -0.3 is 10.1 Å². The summed E-state index contributed by atoms with van der Waals surface area (Å²) in [7, 11) is 0. The molecule has 144 valence electrons. The van der Waals surface area contributed by atoms with Gasteiger partial charge in [-0.05, 0) is 56.7 Å². The predicted octanol–water partition coefficient (Wildman–Crippen LogP) is 3.85. The number of aromatic nitrogens is 1. The first-order valence-corrected chi connectivity index (χ1v) is 8.94. The molecule has 3 aromatic rings. The molecule has 1 aromatic heterocycles. The van der Waals surface area contributed by atoms with E-state index in [0.717, 1.165) is 22.0 Å². The molecular formula is C22H21FN2O3. The fourth-order valence-corrected chi connectivity index (χ4v) is 2.81. The first kappa shape index (κ1) is 19.5. The summed E-state index contributed by atoms with van der Waals surface area (Å²) in [5, 5.41) is 3.51. The van der Waals surface area contributed by atoms with Crippen molar-refractivity contribution in [2.75, 3.05) is 0 Å². The number of hydrogen-bond acceptors (Lipinski definition) is 4. The monoisotopic (exact) mass is 380 g/mol. The maximum absolute atomic E-state index is 12.9. The summed E-state index contributed by atoms with van der Waals surface area (Å²) in [4.78, 5) is 29.2. The first-order chi connectivity index (χ1) is 13.3. The molecular weight excluding hydrogens is 359 g/mol. The van der Waals surface area contributed by atoms with Crippen molar-refractivity contribution >= 4 is 22.8 Å². The van der Waals surface area contributed by atoms with Gasteiger partial charge in [0.05, 0.1) is 16.8 Å². The SMILES string of the molecule is Cc1ccc2nc(C)c(C(=O)OC(C)C(=O)NCc3ccc(F)cc3)cc2c1. The average molecular weight is 380 g/mol. The van der Waals surface area contributed by atoms with Crippen LogP contribution in [0.2, 0.25) is 0 Å². The van der Waals surface area contributed by atoms with Gasteiger partial charge in [0.1, 0.15) is 5.82 Å². The van der Waals surface area contributed by atoms with E-state index in [2.05, 4.69) is 10.3 Å². The van der Waals surface area contributed by atoms with E-state index in [9.17, 15) is 14.0 Å². The highest BCUT2D eigenvalue weighted by Gasteiger charge is 2.21. The van der Waals surface area contributed by atoms with E-state index in [4.69, 9.17) is 4.74 Å². The second-order valence-electron chi connectivity index (χ2n) is 6.71. The van der Waals surface area contributed by atoms with Gasteiger partial charge >= 0.3 is 5.97 Å². The molecule has 0 fully saturated rings. The third-order valence-electron chi connectivity index (χ3n) is 4.41. The summed E-state index contributed by atoms with van der Waals surface area (Å²) in [5.74, 6) is -1.37. The molecule has 0 spiro atoms. The van der Waals surface area contributed by atoms with E-state index < -0.39 is 18.0 Å². The van der Waals surface area contributed by atoms with E-state index in [0.29, 0.717) is 11.3 Å². The number of esters is 1. The number of amides is 1. The highest BCUT2D eigenvalue weighted by atomic mass is 19.1. The molecule has 1 N–H and O–H groups in total. The van der Waals surface area contributed by atoms with Crippen LogP contribution in [0.5, 0.6) is 0 Å². The summed E-state index contributed by atoms with van der Waals surface area (Å²) in [6.45, 7) is 5.42. The van der Waals surface area contributed by atoms with Crippen molar-refractivity contribution in [1.82, 2.24) is 10.3 Å². The van der Waals surface area contributed by atoms with E-state index >= 15 is 0 Å². The Morgan fingerprint density at radius 2 is 1.82 bits per heavy atom. The molecule has 2 aromatic carbocycles. The van der Waals surface area contributed by atoms with Gasteiger partial charge in [0.2, 0.25) is 0 Å². The van der Waals surface area contributed by atoms with Crippen LogP contribution < -0.4 is 5.32 Å². The molecule has 3 rings (SSSR count). The third kappa shape index (κ3) is 4.52. The van der Waals surface area contributed by atoms with Crippen LogP contribution in [0.25, 0.3) is 10.9 Å². The number of carbonyl (C=O) groups is 2. The second-order valence-corrected chi connectivity index (χ2v) is 6.71. The topological polar surface area (TPSA) is 68.3 Å². The number of benzene rings is 2. The molecule has 1 amide bonds. The van der Waals surface area contributed by atoms with Crippen LogP contribution in [0, 0.1) is 19.7 Å². The molecule has 5 nitrogen and oxygen atoms in total. The fraction of sp³-hybridized carbons (Fsp3) is 0.227. The van der Waals surface area contributed by atoms with Crippen LogP contribution in [-0.2, 0) is 16.1 Å². The van der Waals surface area contributed by atoms with Crippen LogP contribution in [0.3, 0.4) is 0 Å². The predicted molar refractivity (Wildman–Crippen MR) is 104 cm³/mol. The average Bonchev–Trinajstić information content (AvgIpc) is 2.66. The van der Waals surface area contributed by atoms with E-state index in [1.165, 1.54) is 19.1 Å². The fourth-order valence-electron chi connectivity index (χ4n) is 2.81. The minimum atomic E-state index is -0.972. The number of fused-ring (bicyclic) bond motifs is 1. The molecule has 0 aliphatic rings. The van der Waals surface area contributed by atoms with Gasteiger partial charge in [0.25, 0.3) is 5.91 Å². The van der Waals surface area contributed by atoms with Crippen molar-refractivity contribution in [3.8, 4) is 0 Å². The highest BCUT2D eigenvalue weighted by molar-refractivity contribution is 5.96. The molecule has 0 saturated carbocycles. The maximum Gasteiger partial charge on any atom is 0.340 e. The Kier molecular flexibility index (Phi) is 5.68. The standard InChI is InChI=1S/C22H21FN2O3/c1-13-4-9-20-17(10-13)11-19(14(2)25-20)22(27)28-15(3)21(26)24-12-16-5-7-18(23)8-6-16/h4-11,15H,12H2,1-3H3,(H,24,26). The Hall–Kier alpha value is -3.28. The molecule has 0 radical (unpaired) electrons. The number of pyridine rings is 1. The molecule has 28 heavy (non-hydrogen) atoms. The largest absolute Gasteiger partial charge is 0.449 e. The van der Waals surface area contributed by atoms with Crippen LogP contribution in [0.4, 0.5) is 4.39 Å². The quantitative estimate of drug-likeness (QED) is 0.683. The van der Waals surface area contributed by atoms with Gasteiger partial charge in [-0.15, -0.1) is 0 Å². The number of hydrogen-bond donors (Lipinski definition) is 1. The van der Waals surface area contributed by atoms with Crippen LogP contribution >= 0.6 is 0 Å². The van der Waals surface area contributed by atoms with Crippen LogP contribution in [0.1, 0.15) is 34.1 Å². The Balaban J connectivity index is 1.66. The number of carbonyl (C=O) groups excluding carboxylic acids is 2. The zero-order valence-corrected chi connectivity index (χ0v) is 16.0. The summed E-state index contributed by atoms with van der Waals surface area (Å²) in [5.41, 5.74) is 3.48. The van der Waals surface area contributed by atoms with E-state index in [1.54, 1.807) is 25.1 Å². The van der Waals surface area contributed by atoms with Crippen LogP contribution in [0.15, 0.2) is 48.5 Å². The van der Waals surface area contributed by atoms with Crippen molar-refractivity contribution in [2.45, 2.75) is 33.4 Å². The Bertz CT molecular complexity index is 1030.